The highest BCUT2D eigenvalue weighted by molar-refractivity contribution is 5.77. The Kier molecular flexibility index (Phi) is 5.96. The van der Waals surface area contributed by atoms with Crippen molar-refractivity contribution in [2.75, 3.05) is 18.0 Å². The van der Waals surface area contributed by atoms with Crippen molar-refractivity contribution in [1.82, 2.24) is 5.32 Å². The molecule has 7 heteroatoms. The molecule has 0 aromatic heterocycles. The standard InChI is InChI=1S/C19H26F2N2O3/c20-18(21)26-16-7-3-2-6-15(16)23-11-8-14(13-23)22-17(24)12-19(25)9-4-1-5-10-19/h2-3,6-7,14,18,25H,1,4-5,8-13H2,(H,22,24). The molecule has 1 amide bonds. The van der Waals surface area contributed by atoms with Gasteiger partial charge < -0.3 is 20.1 Å². The summed E-state index contributed by atoms with van der Waals surface area (Å²) < 4.78 is 29.7. The number of aliphatic hydroxyl groups is 1. The van der Waals surface area contributed by atoms with Crippen LogP contribution in [0.4, 0.5) is 14.5 Å². The first-order valence-corrected chi connectivity index (χ1v) is 9.26. The molecule has 1 aliphatic carbocycles. The summed E-state index contributed by atoms with van der Waals surface area (Å²) in [5.41, 5.74) is -0.270. The number of amides is 1. The van der Waals surface area contributed by atoms with E-state index in [1.165, 1.54) is 6.07 Å². The minimum Gasteiger partial charge on any atom is -0.433 e. The predicted molar refractivity (Wildman–Crippen MR) is 94.5 cm³/mol. The lowest BCUT2D eigenvalue weighted by atomic mass is 9.82. The molecule has 1 heterocycles. The van der Waals surface area contributed by atoms with Crippen LogP contribution in [-0.4, -0.2) is 42.4 Å². The molecule has 3 rings (SSSR count). The van der Waals surface area contributed by atoms with Crippen LogP contribution < -0.4 is 15.0 Å². The molecule has 0 bridgehead atoms. The van der Waals surface area contributed by atoms with E-state index in [4.69, 9.17) is 0 Å². The summed E-state index contributed by atoms with van der Waals surface area (Å²) in [6, 6.07) is 6.63. The molecule has 1 saturated heterocycles. The van der Waals surface area contributed by atoms with E-state index in [0.717, 1.165) is 25.7 Å². The van der Waals surface area contributed by atoms with Gasteiger partial charge in [-0.1, -0.05) is 31.4 Å². The highest BCUT2D eigenvalue weighted by Crippen LogP contribution is 2.33. The van der Waals surface area contributed by atoms with Gasteiger partial charge in [-0.15, -0.1) is 0 Å². The van der Waals surface area contributed by atoms with Crippen LogP contribution in [0.25, 0.3) is 0 Å². The first kappa shape index (κ1) is 18.9. The van der Waals surface area contributed by atoms with Gasteiger partial charge in [0.15, 0.2) is 0 Å². The molecule has 1 unspecified atom stereocenters. The fraction of sp³-hybridized carbons (Fsp3) is 0.632. The average Bonchev–Trinajstić information content (AvgIpc) is 3.03. The molecule has 2 fully saturated rings. The summed E-state index contributed by atoms with van der Waals surface area (Å²) in [4.78, 5) is 14.3. The Labute approximate surface area is 152 Å². The van der Waals surface area contributed by atoms with Crippen molar-refractivity contribution in [3.8, 4) is 5.75 Å². The minimum atomic E-state index is -2.87. The number of hydrogen-bond acceptors (Lipinski definition) is 4. The van der Waals surface area contributed by atoms with Gasteiger partial charge in [-0.05, 0) is 31.4 Å². The van der Waals surface area contributed by atoms with Crippen LogP contribution in [0, 0.1) is 0 Å². The van der Waals surface area contributed by atoms with E-state index in [1.807, 2.05) is 4.90 Å². The second-order valence-corrected chi connectivity index (χ2v) is 7.31. The van der Waals surface area contributed by atoms with E-state index >= 15 is 0 Å². The number of nitrogens with one attached hydrogen (secondary N) is 1. The number of alkyl halides is 2. The Bertz CT molecular complexity index is 621. The molecule has 26 heavy (non-hydrogen) atoms. The summed E-state index contributed by atoms with van der Waals surface area (Å²) >= 11 is 0. The predicted octanol–water partition coefficient (Wildman–Crippen LogP) is 3.07. The molecule has 2 aliphatic rings. The molecule has 1 atom stereocenters. The lowest BCUT2D eigenvalue weighted by Crippen LogP contribution is -2.43. The Morgan fingerprint density at radius 1 is 1.31 bits per heavy atom. The number of para-hydroxylation sites is 2. The molecule has 2 N–H and O–H groups in total. The number of benzene rings is 1. The highest BCUT2D eigenvalue weighted by Gasteiger charge is 2.33. The van der Waals surface area contributed by atoms with Crippen LogP contribution in [0.15, 0.2) is 24.3 Å². The number of rotatable bonds is 6. The normalized spacial score (nSPS) is 22.5. The fourth-order valence-corrected chi connectivity index (χ4v) is 3.98. The molecule has 0 radical (unpaired) electrons. The van der Waals surface area contributed by atoms with Gasteiger partial charge in [-0.3, -0.25) is 4.79 Å². The summed E-state index contributed by atoms with van der Waals surface area (Å²) in [7, 11) is 0. The highest BCUT2D eigenvalue weighted by atomic mass is 19.3. The smallest absolute Gasteiger partial charge is 0.387 e. The number of ether oxygens (including phenoxy) is 1. The number of anilines is 1. The fourth-order valence-electron chi connectivity index (χ4n) is 3.98. The summed E-state index contributed by atoms with van der Waals surface area (Å²) in [5, 5.41) is 13.5. The van der Waals surface area contributed by atoms with Crippen molar-refractivity contribution in [1.29, 1.82) is 0 Å². The SMILES string of the molecule is O=C(CC1(O)CCCCC1)NC1CCN(c2ccccc2OC(F)F)C1. The topological polar surface area (TPSA) is 61.8 Å². The maximum Gasteiger partial charge on any atom is 0.387 e. The maximum absolute atomic E-state index is 12.6. The summed E-state index contributed by atoms with van der Waals surface area (Å²) in [5.74, 6) is 0.00404. The van der Waals surface area contributed by atoms with Gasteiger partial charge in [-0.25, -0.2) is 0 Å². The van der Waals surface area contributed by atoms with Gasteiger partial charge in [0, 0.05) is 19.1 Å². The minimum absolute atomic E-state index is 0.0608. The largest absolute Gasteiger partial charge is 0.433 e. The van der Waals surface area contributed by atoms with Crippen molar-refractivity contribution in [3.63, 3.8) is 0 Å². The zero-order valence-corrected chi connectivity index (χ0v) is 14.8. The molecule has 144 valence electrons. The van der Waals surface area contributed by atoms with Gasteiger partial charge >= 0.3 is 6.61 Å². The zero-order valence-electron chi connectivity index (χ0n) is 14.8. The molecule has 5 nitrogen and oxygen atoms in total. The van der Waals surface area contributed by atoms with Crippen LogP contribution in [0.5, 0.6) is 5.75 Å². The van der Waals surface area contributed by atoms with Gasteiger partial charge in [0.1, 0.15) is 5.75 Å². The maximum atomic E-state index is 12.6. The zero-order chi connectivity index (χ0) is 18.6. The van der Waals surface area contributed by atoms with Crippen molar-refractivity contribution >= 4 is 11.6 Å². The van der Waals surface area contributed by atoms with E-state index in [2.05, 4.69) is 10.1 Å². The summed E-state index contributed by atoms with van der Waals surface area (Å²) in [6.07, 6.45) is 5.25. The Hall–Kier alpha value is -1.89. The molecular weight excluding hydrogens is 342 g/mol. The van der Waals surface area contributed by atoms with E-state index in [9.17, 15) is 18.7 Å². The quantitative estimate of drug-likeness (QED) is 0.810. The molecule has 1 aliphatic heterocycles. The third kappa shape index (κ3) is 4.84. The average molecular weight is 368 g/mol. The number of hydrogen-bond donors (Lipinski definition) is 2. The molecule has 1 aromatic carbocycles. The van der Waals surface area contributed by atoms with Crippen molar-refractivity contribution in [3.05, 3.63) is 24.3 Å². The molecule has 1 saturated carbocycles. The monoisotopic (exact) mass is 368 g/mol. The third-order valence-electron chi connectivity index (χ3n) is 5.25. The lowest BCUT2D eigenvalue weighted by molar-refractivity contribution is -0.128. The second-order valence-electron chi connectivity index (χ2n) is 7.31. The van der Waals surface area contributed by atoms with Crippen molar-refractivity contribution in [2.45, 2.75) is 63.2 Å². The molecule has 0 spiro atoms. The van der Waals surface area contributed by atoms with Gasteiger partial charge in [0.2, 0.25) is 5.91 Å². The number of carbonyl (C=O) groups is 1. The van der Waals surface area contributed by atoms with Crippen LogP contribution in [0.3, 0.4) is 0 Å². The van der Waals surface area contributed by atoms with E-state index in [0.29, 0.717) is 31.6 Å². The van der Waals surface area contributed by atoms with Gasteiger partial charge in [0.25, 0.3) is 0 Å². The molecule has 1 aromatic rings. The van der Waals surface area contributed by atoms with Gasteiger partial charge in [0.05, 0.1) is 17.7 Å². The van der Waals surface area contributed by atoms with Crippen molar-refractivity contribution in [2.24, 2.45) is 0 Å². The molecular formula is C19H26F2N2O3. The van der Waals surface area contributed by atoms with Crippen LogP contribution >= 0.6 is 0 Å². The van der Waals surface area contributed by atoms with E-state index < -0.39 is 12.2 Å². The first-order chi connectivity index (χ1) is 12.5. The Morgan fingerprint density at radius 3 is 2.77 bits per heavy atom. The summed E-state index contributed by atoms with van der Waals surface area (Å²) in [6.45, 7) is -1.68. The van der Waals surface area contributed by atoms with Crippen molar-refractivity contribution < 1.29 is 23.4 Å². The van der Waals surface area contributed by atoms with Crippen LogP contribution in [0.1, 0.15) is 44.9 Å². The number of nitrogens with zero attached hydrogens (tertiary/aromatic N) is 1. The Balaban J connectivity index is 1.55. The number of halogens is 2. The Morgan fingerprint density at radius 2 is 2.04 bits per heavy atom. The van der Waals surface area contributed by atoms with E-state index in [1.54, 1.807) is 18.2 Å². The lowest BCUT2D eigenvalue weighted by Gasteiger charge is -2.31. The van der Waals surface area contributed by atoms with Crippen LogP contribution in [-0.2, 0) is 4.79 Å². The number of carbonyl (C=O) groups excluding carboxylic acids is 1. The van der Waals surface area contributed by atoms with E-state index in [-0.39, 0.29) is 24.1 Å². The first-order valence-electron chi connectivity index (χ1n) is 9.26. The van der Waals surface area contributed by atoms with Crippen LogP contribution in [0.2, 0.25) is 0 Å². The third-order valence-corrected chi connectivity index (χ3v) is 5.25. The second kappa shape index (κ2) is 8.20. The van der Waals surface area contributed by atoms with Gasteiger partial charge in [-0.2, -0.15) is 8.78 Å².